The van der Waals surface area contributed by atoms with E-state index in [0.29, 0.717) is 34.9 Å². The van der Waals surface area contributed by atoms with E-state index in [1.54, 1.807) is 0 Å². The van der Waals surface area contributed by atoms with Crippen molar-refractivity contribution in [3.63, 3.8) is 0 Å². The zero-order chi connectivity index (χ0) is 74.4. The van der Waals surface area contributed by atoms with Crippen LogP contribution in [0, 0.1) is 0 Å². The molecule has 0 atom stereocenters. The SMILES string of the molecule is CC1(C)c2ccccc2C2(c3ccccc3-c3ccccc32)c2cc(-c3ccc4cccc(-c5nc(-c6ccccc6)nc(-c6cccc(CC7(C)c8ccccc8C8(c9ccccc9-c9cc(-c%10ccc%11c(-c%12nc(-c%13ccccc%13)nc(-c%13ccccc%13)n%12)cccc%11c%10)ccc98)c8ccccc87)c6)n5)c4c3)ccc21. The molecule has 6 nitrogen and oxygen atoms in total. The molecule has 0 N–H and O–H groups in total. The minimum absolute atomic E-state index is 0.248. The fourth-order valence-corrected chi connectivity index (χ4v) is 20.0. The first-order valence-corrected chi connectivity index (χ1v) is 38.8. The maximum absolute atomic E-state index is 5.55. The lowest BCUT2D eigenvalue weighted by molar-refractivity contribution is 0.514. The van der Waals surface area contributed by atoms with Gasteiger partial charge in [0, 0.05) is 44.2 Å². The van der Waals surface area contributed by atoms with E-state index in [9.17, 15) is 0 Å². The summed E-state index contributed by atoms with van der Waals surface area (Å²) in [5, 5.41) is 4.36. The summed E-state index contributed by atoms with van der Waals surface area (Å²) >= 11 is 0. The van der Waals surface area contributed by atoms with Crippen LogP contribution in [-0.2, 0) is 28.1 Å². The Kier molecular flexibility index (Phi) is 14.6. The van der Waals surface area contributed by atoms with Crippen LogP contribution in [-0.4, -0.2) is 29.9 Å². The summed E-state index contributed by atoms with van der Waals surface area (Å²) in [6.45, 7) is 7.26. The van der Waals surface area contributed by atoms with E-state index < -0.39 is 16.2 Å². The molecule has 0 radical (unpaired) electrons. The lowest BCUT2D eigenvalue weighted by atomic mass is 9.54. The van der Waals surface area contributed by atoms with Crippen LogP contribution >= 0.6 is 0 Å². The molecule has 18 aromatic rings. The summed E-state index contributed by atoms with van der Waals surface area (Å²) in [7, 11) is 0. The van der Waals surface area contributed by atoms with Crippen LogP contribution in [0.1, 0.15) is 93.1 Å². The summed E-state index contributed by atoms with van der Waals surface area (Å²) < 4.78 is 0. The van der Waals surface area contributed by atoms with E-state index in [1.807, 2.05) is 42.5 Å². The Balaban J connectivity index is 0.625. The van der Waals surface area contributed by atoms with Crippen molar-refractivity contribution in [3.05, 3.63) is 442 Å². The van der Waals surface area contributed by atoms with E-state index in [1.165, 1.54) is 94.6 Å². The van der Waals surface area contributed by atoms with Gasteiger partial charge >= 0.3 is 0 Å². The second kappa shape index (κ2) is 25.1. The second-order valence-electron chi connectivity index (χ2n) is 31.3. The van der Waals surface area contributed by atoms with Crippen LogP contribution in [0.4, 0.5) is 0 Å². The Morgan fingerprint density at radius 2 is 0.554 bits per heavy atom. The molecular weight excluding hydrogens is 1360 g/mol. The first-order chi connectivity index (χ1) is 55.1. The molecule has 2 heterocycles. The minimum atomic E-state index is -0.598. The minimum Gasteiger partial charge on any atom is -0.208 e. The molecule has 0 saturated carbocycles. The summed E-state index contributed by atoms with van der Waals surface area (Å²) in [5.74, 6) is 3.77. The van der Waals surface area contributed by atoms with Gasteiger partial charge in [-0.2, -0.15) is 0 Å². The molecule has 16 aromatic carbocycles. The van der Waals surface area contributed by atoms with Gasteiger partial charge < -0.3 is 0 Å². The highest BCUT2D eigenvalue weighted by Crippen LogP contribution is 2.65. The third-order valence-electron chi connectivity index (χ3n) is 25.0. The van der Waals surface area contributed by atoms with Crippen molar-refractivity contribution < 1.29 is 0 Å². The molecule has 112 heavy (non-hydrogen) atoms. The van der Waals surface area contributed by atoms with E-state index in [0.717, 1.165) is 83.6 Å². The monoisotopic (exact) mass is 1430 g/mol. The van der Waals surface area contributed by atoms with Crippen molar-refractivity contribution in [2.75, 3.05) is 0 Å². The molecule has 0 aliphatic heterocycles. The van der Waals surface area contributed by atoms with Gasteiger partial charge in [0.2, 0.25) is 0 Å². The molecule has 4 aliphatic rings. The summed E-state index contributed by atoms with van der Waals surface area (Å²) in [6.07, 6.45) is 0.722. The van der Waals surface area contributed by atoms with Gasteiger partial charge in [0.15, 0.2) is 34.9 Å². The molecule has 0 saturated heterocycles. The Bertz CT molecular complexity index is 6770. The highest BCUT2D eigenvalue weighted by atomic mass is 15.0. The van der Waals surface area contributed by atoms with E-state index in [-0.39, 0.29) is 5.41 Å². The Labute approximate surface area is 651 Å². The van der Waals surface area contributed by atoms with Gasteiger partial charge in [-0.05, 0) is 175 Å². The van der Waals surface area contributed by atoms with Crippen molar-refractivity contribution in [1.29, 1.82) is 0 Å². The normalized spacial score (nSPS) is 15.2. The van der Waals surface area contributed by atoms with Crippen LogP contribution in [0.3, 0.4) is 0 Å². The van der Waals surface area contributed by atoms with Crippen LogP contribution in [0.2, 0.25) is 0 Å². The van der Waals surface area contributed by atoms with Crippen molar-refractivity contribution in [2.24, 2.45) is 0 Å². The van der Waals surface area contributed by atoms with Crippen LogP contribution in [0.15, 0.2) is 370 Å². The standard InChI is InChI=1S/C106H72N6/c1-103(2)89-46-19-22-49-93(89)106(85-43-16-13-38-78(85)79-39-14-17-44-86(79)106)96-64-74(56-59-90(96)103)72-53-52-67-35-26-42-82(83(67)62-72)102-111-99(70-33-11-6-12-34-70)108-100(112-102)76-37-25-28-66(60-76)65-104(3)91-47-20-23-50-94(91)105(95-51-24-21-48-92(95)104)87-45-18-15-40-80(87)84-63-73(55-58-88(84)105)71-54-57-77-75(61-71)36-27-41-81(77)101-109-97(68-29-7-4-8-30-68)107-98(110-101)69-31-9-5-10-32-69/h4-64H,65H2,1-3H3. The maximum atomic E-state index is 5.55. The molecule has 2 spiro atoms. The van der Waals surface area contributed by atoms with Gasteiger partial charge in [0.25, 0.3) is 0 Å². The molecule has 0 bridgehead atoms. The fourth-order valence-electron chi connectivity index (χ4n) is 20.0. The van der Waals surface area contributed by atoms with Crippen LogP contribution < -0.4 is 0 Å². The highest BCUT2D eigenvalue weighted by Gasteiger charge is 2.56. The first kappa shape index (κ1) is 65.2. The van der Waals surface area contributed by atoms with Crippen molar-refractivity contribution in [2.45, 2.75) is 48.9 Å². The number of hydrogen-bond acceptors (Lipinski definition) is 6. The first-order valence-electron chi connectivity index (χ1n) is 38.8. The molecule has 4 aliphatic carbocycles. The number of rotatable bonds is 10. The predicted octanol–water partition coefficient (Wildman–Crippen LogP) is 24.9. The molecule has 22 rings (SSSR count). The zero-order valence-corrected chi connectivity index (χ0v) is 62.1. The lowest BCUT2D eigenvalue weighted by Crippen LogP contribution is -2.43. The number of nitrogens with zero attached hydrogens (tertiary/aromatic N) is 6. The Hall–Kier alpha value is -13.9. The van der Waals surface area contributed by atoms with Gasteiger partial charge in [-0.3, -0.25) is 0 Å². The smallest absolute Gasteiger partial charge is 0.164 e. The van der Waals surface area contributed by atoms with Gasteiger partial charge in [0.1, 0.15) is 0 Å². The number of hydrogen-bond donors (Lipinski definition) is 0. The maximum Gasteiger partial charge on any atom is 0.164 e. The molecular formula is C106H72N6. The lowest BCUT2D eigenvalue weighted by Gasteiger charge is -2.48. The largest absolute Gasteiger partial charge is 0.208 e. The molecule has 6 heteroatoms. The van der Waals surface area contributed by atoms with E-state index >= 15 is 0 Å². The highest BCUT2D eigenvalue weighted by molar-refractivity contribution is 6.01. The zero-order valence-electron chi connectivity index (χ0n) is 62.1. The summed E-state index contributed by atoms with van der Waals surface area (Å²) in [5.41, 5.74) is 30.5. The molecule has 526 valence electrons. The van der Waals surface area contributed by atoms with E-state index in [2.05, 4.69) is 348 Å². The van der Waals surface area contributed by atoms with E-state index in [4.69, 9.17) is 29.9 Å². The third-order valence-corrected chi connectivity index (χ3v) is 25.0. The van der Waals surface area contributed by atoms with Crippen molar-refractivity contribution in [3.8, 4) is 113 Å². The Morgan fingerprint density at radius 1 is 0.196 bits per heavy atom. The number of aromatic nitrogens is 6. The quantitative estimate of drug-likeness (QED) is 0.136. The van der Waals surface area contributed by atoms with Gasteiger partial charge in [-0.15, -0.1) is 0 Å². The molecule has 0 amide bonds. The van der Waals surface area contributed by atoms with Crippen LogP contribution in [0.25, 0.3) is 134 Å². The van der Waals surface area contributed by atoms with Crippen LogP contribution in [0.5, 0.6) is 0 Å². The van der Waals surface area contributed by atoms with Gasteiger partial charge in [-0.25, -0.2) is 29.9 Å². The fraction of sp³-hybridized carbons (Fsp3) is 0.0755. The Morgan fingerprint density at radius 3 is 1.12 bits per heavy atom. The summed E-state index contributed by atoms with van der Waals surface area (Å²) in [6, 6.07) is 136. The third kappa shape index (κ3) is 9.71. The number of benzene rings is 16. The number of fused-ring (bicyclic) bond motifs is 20. The van der Waals surface area contributed by atoms with Crippen molar-refractivity contribution >= 4 is 21.5 Å². The average molecular weight is 1430 g/mol. The molecule has 0 unspecified atom stereocenters. The topological polar surface area (TPSA) is 77.3 Å². The predicted molar refractivity (Wildman–Crippen MR) is 455 cm³/mol. The van der Waals surface area contributed by atoms with Gasteiger partial charge in [0.05, 0.1) is 10.8 Å². The van der Waals surface area contributed by atoms with Crippen molar-refractivity contribution in [1.82, 2.24) is 29.9 Å². The molecule has 2 aromatic heterocycles. The van der Waals surface area contributed by atoms with Gasteiger partial charge in [-0.1, -0.05) is 360 Å². The average Bonchev–Trinajstić information content (AvgIpc) is 1.42. The molecule has 0 fully saturated rings. The summed E-state index contributed by atoms with van der Waals surface area (Å²) in [4.78, 5) is 31.7. The second-order valence-corrected chi connectivity index (χ2v) is 31.3.